The Morgan fingerprint density at radius 3 is 2.48 bits per heavy atom. The highest BCUT2D eigenvalue weighted by Gasteiger charge is 2.34. The van der Waals surface area contributed by atoms with Gasteiger partial charge < -0.3 is 25.6 Å². The Morgan fingerprint density at radius 2 is 1.89 bits per heavy atom. The third kappa shape index (κ3) is 5.60. The van der Waals surface area contributed by atoms with Gasteiger partial charge in [-0.2, -0.15) is 0 Å². The van der Waals surface area contributed by atoms with Crippen LogP contribution in [0.2, 0.25) is 0 Å². The maximum absolute atomic E-state index is 12.6. The smallest absolute Gasteiger partial charge is 0.319 e. The number of carbonyl (C=O) groups is 2. The first-order valence-electron chi connectivity index (χ1n) is 9.62. The van der Waals surface area contributed by atoms with E-state index in [1.807, 2.05) is 56.9 Å². The van der Waals surface area contributed by atoms with E-state index >= 15 is 0 Å². The lowest BCUT2D eigenvalue weighted by Gasteiger charge is -2.41. The maximum atomic E-state index is 12.6. The summed E-state index contributed by atoms with van der Waals surface area (Å²) in [4.78, 5) is 26.2. The second kappa shape index (κ2) is 7.76. The van der Waals surface area contributed by atoms with Crippen LogP contribution in [0.3, 0.4) is 0 Å². The summed E-state index contributed by atoms with van der Waals surface area (Å²) in [5, 5.41) is 8.77. The zero-order chi connectivity index (χ0) is 19.6. The van der Waals surface area contributed by atoms with Gasteiger partial charge in [0.2, 0.25) is 0 Å². The lowest BCUT2D eigenvalue weighted by molar-refractivity contribution is -0.117. The van der Waals surface area contributed by atoms with E-state index < -0.39 is 0 Å². The van der Waals surface area contributed by atoms with Crippen LogP contribution in [0.15, 0.2) is 24.3 Å². The van der Waals surface area contributed by atoms with Gasteiger partial charge in [0.15, 0.2) is 0 Å². The van der Waals surface area contributed by atoms with Crippen molar-refractivity contribution in [3.05, 3.63) is 29.8 Å². The van der Waals surface area contributed by atoms with Gasteiger partial charge in [-0.15, -0.1) is 0 Å². The number of hydrogen-bond donors (Lipinski definition) is 3. The number of hydrogen-bond acceptors (Lipinski definition) is 3. The molecule has 0 spiro atoms. The predicted octanol–water partition coefficient (Wildman–Crippen LogP) is 3.24. The second-order valence-corrected chi connectivity index (χ2v) is 8.23. The molecule has 7 nitrogen and oxygen atoms in total. The molecule has 2 atom stereocenters. The molecule has 1 aliphatic heterocycles. The Kier molecular flexibility index (Phi) is 5.60. The normalized spacial score (nSPS) is 22.7. The fourth-order valence-corrected chi connectivity index (χ4v) is 3.40. The Bertz CT molecular complexity index is 685. The van der Waals surface area contributed by atoms with Crippen LogP contribution in [-0.4, -0.2) is 47.8 Å². The Morgan fingerprint density at radius 1 is 1.22 bits per heavy atom. The largest absolute Gasteiger partial charge is 0.369 e. The fraction of sp³-hybridized carbons (Fsp3) is 0.600. The summed E-state index contributed by atoms with van der Waals surface area (Å²) in [5.41, 5.74) is 1.38. The monoisotopic (exact) mass is 374 g/mol. The Balaban J connectivity index is 1.53. The molecule has 3 N–H and O–H groups in total. The summed E-state index contributed by atoms with van der Waals surface area (Å²) in [6.07, 6.45) is 2.13. The lowest BCUT2D eigenvalue weighted by atomic mass is 10.1. The minimum atomic E-state index is -0.341. The molecular weight excluding hydrogens is 344 g/mol. The number of benzene rings is 1. The van der Waals surface area contributed by atoms with Crippen molar-refractivity contribution < 1.29 is 14.3 Å². The van der Waals surface area contributed by atoms with Crippen LogP contribution in [0.4, 0.5) is 15.3 Å². The molecule has 2 aliphatic rings. The van der Waals surface area contributed by atoms with Gasteiger partial charge in [-0.1, -0.05) is 12.1 Å². The van der Waals surface area contributed by atoms with Crippen LogP contribution in [0.25, 0.3) is 0 Å². The third-order valence-electron chi connectivity index (χ3n) is 4.78. The van der Waals surface area contributed by atoms with Crippen LogP contribution < -0.4 is 16.0 Å². The van der Waals surface area contributed by atoms with Gasteiger partial charge in [0.1, 0.15) is 0 Å². The zero-order valence-corrected chi connectivity index (χ0v) is 16.5. The highest BCUT2D eigenvalue weighted by molar-refractivity contribution is 5.89. The van der Waals surface area contributed by atoms with E-state index in [9.17, 15) is 9.59 Å². The minimum absolute atomic E-state index is 0.0157. The van der Waals surface area contributed by atoms with Crippen molar-refractivity contribution in [2.45, 2.75) is 64.3 Å². The molecule has 1 aromatic rings. The maximum Gasteiger partial charge on any atom is 0.319 e. The number of carbonyl (C=O) groups excluding carboxylic acids is 2. The first kappa shape index (κ1) is 19.5. The molecule has 4 amide bonds. The highest BCUT2D eigenvalue weighted by Crippen LogP contribution is 2.22. The van der Waals surface area contributed by atoms with Crippen molar-refractivity contribution in [1.29, 1.82) is 0 Å². The molecule has 148 valence electrons. The van der Waals surface area contributed by atoms with Gasteiger partial charge in [0.05, 0.1) is 24.3 Å². The molecule has 1 aliphatic carbocycles. The van der Waals surface area contributed by atoms with Gasteiger partial charge in [-0.3, -0.25) is 0 Å². The summed E-state index contributed by atoms with van der Waals surface area (Å²) >= 11 is 0. The molecule has 7 heteroatoms. The van der Waals surface area contributed by atoms with E-state index in [-0.39, 0.29) is 29.8 Å². The third-order valence-corrected chi connectivity index (χ3v) is 4.78. The minimum Gasteiger partial charge on any atom is -0.369 e. The van der Waals surface area contributed by atoms with E-state index in [0.29, 0.717) is 19.1 Å². The molecule has 1 heterocycles. The standard InChI is InChI=1S/C20H30N4O3/c1-13-11-24(12-20(3,4)27-13)19(26)21-14(2)15-5-7-16(8-6-15)22-18(25)23-17-9-10-17/h5-8,13-14,17H,9-12H2,1-4H3,(H,21,26)(H2,22,23,25)/t13-,14+/m0/s1. The van der Waals surface area contributed by atoms with E-state index in [2.05, 4.69) is 16.0 Å². The first-order valence-corrected chi connectivity index (χ1v) is 9.62. The van der Waals surface area contributed by atoms with Crippen LogP contribution in [-0.2, 0) is 4.74 Å². The lowest BCUT2D eigenvalue weighted by Crippen LogP contribution is -2.56. The van der Waals surface area contributed by atoms with Crippen molar-refractivity contribution in [2.75, 3.05) is 18.4 Å². The summed E-state index contributed by atoms with van der Waals surface area (Å²) in [6.45, 7) is 9.08. The van der Waals surface area contributed by atoms with Crippen molar-refractivity contribution >= 4 is 17.7 Å². The number of nitrogens with zero attached hydrogens (tertiary/aromatic N) is 1. The molecular formula is C20H30N4O3. The van der Waals surface area contributed by atoms with Crippen molar-refractivity contribution in [2.24, 2.45) is 0 Å². The molecule has 1 saturated heterocycles. The molecule has 2 fully saturated rings. The topological polar surface area (TPSA) is 82.7 Å². The van der Waals surface area contributed by atoms with E-state index in [1.165, 1.54) is 0 Å². The number of rotatable bonds is 4. The quantitative estimate of drug-likeness (QED) is 0.757. The van der Waals surface area contributed by atoms with Gasteiger partial charge in [0.25, 0.3) is 0 Å². The van der Waals surface area contributed by atoms with Crippen LogP contribution >= 0.6 is 0 Å². The highest BCUT2D eigenvalue weighted by atomic mass is 16.5. The average molecular weight is 374 g/mol. The van der Waals surface area contributed by atoms with Crippen molar-refractivity contribution in [1.82, 2.24) is 15.5 Å². The Hall–Kier alpha value is -2.28. The van der Waals surface area contributed by atoms with E-state index in [0.717, 1.165) is 24.1 Å². The van der Waals surface area contributed by atoms with E-state index in [1.54, 1.807) is 0 Å². The van der Waals surface area contributed by atoms with Crippen LogP contribution in [0.5, 0.6) is 0 Å². The first-order chi connectivity index (χ1) is 12.7. The molecule has 0 unspecified atom stereocenters. The molecule has 1 aromatic carbocycles. The van der Waals surface area contributed by atoms with Gasteiger partial charge in [0, 0.05) is 18.3 Å². The van der Waals surface area contributed by atoms with Crippen LogP contribution in [0, 0.1) is 0 Å². The van der Waals surface area contributed by atoms with Crippen molar-refractivity contribution in [3.8, 4) is 0 Å². The van der Waals surface area contributed by atoms with Crippen molar-refractivity contribution in [3.63, 3.8) is 0 Å². The van der Waals surface area contributed by atoms with E-state index in [4.69, 9.17) is 4.74 Å². The summed E-state index contributed by atoms with van der Waals surface area (Å²) in [5.74, 6) is 0. The fourth-order valence-electron chi connectivity index (χ4n) is 3.40. The molecule has 1 saturated carbocycles. The molecule has 3 rings (SSSR count). The molecule has 0 radical (unpaired) electrons. The summed E-state index contributed by atoms with van der Waals surface area (Å²) in [6, 6.07) is 7.48. The Labute approximate surface area is 160 Å². The SMILES string of the molecule is C[C@H]1CN(C(=O)N[C@H](C)c2ccc(NC(=O)NC3CC3)cc2)CC(C)(C)O1. The van der Waals surface area contributed by atoms with Gasteiger partial charge in [-0.25, -0.2) is 9.59 Å². The second-order valence-electron chi connectivity index (χ2n) is 8.23. The number of amides is 4. The molecule has 0 aromatic heterocycles. The number of nitrogens with one attached hydrogen (secondary N) is 3. The van der Waals surface area contributed by atoms with Gasteiger partial charge in [-0.05, 0) is 58.2 Å². The van der Waals surface area contributed by atoms with Gasteiger partial charge >= 0.3 is 12.1 Å². The average Bonchev–Trinajstić information content (AvgIpc) is 3.37. The number of urea groups is 2. The number of anilines is 1. The number of morpholine rings is 1. The molecule has 27 heavy (non-hydrogen) atoms. The predicted molar refractivity (Wildman–Crippen MR) is 105 cm³/mol. The molecule has 0 bridgehead atoms. The summed E-state index contributed by atoms with van der Waals surface area (Å²) < 4.78 is 5.86. The number of ether oxygens (including phenoxy) is 1. The zero-order valence-electron chi connectivity index (χ0n) is 16.5. The summed E-state index contributed by atoms with van der Waals surface area (Å²) in [7, 11) is 0. The van der Waals surface area contributed by atoms with Crippen LogP contribution in [0.1, 0.15) is 52.1 Å².